The Kier molecular flexibility index (Phi) is 12.1. The van der Waals surface area contributed by atoms with E-state index in [0.29, 0.717) is 0 Å². The Hall–Kier alpha value is -0.900. The van der Waals surface area contributed by atoms with E-state index >= 15 is 0 Å². The largest absolute Gasteiger partial charge is 0.139 e. The summed E-state index contributed by atoms with van der Waals surface area (Å²) in [5.41, 5.74) is 0. The predicted octanol–water partition coefficient (Wildman–Crippen LogP) is 12.0. The van der Waals surface area contributed by atoms with Crippen LogP contribution in [0.4, 0.5) is 0 Å². The summed E-state index contributed by atoms with van der Waals surface area (Å²) >= 11 is 5.97. The van der Waals surface area contributed by atoms with Crippen LogP contribution < -0.4 is 0 Å². The third-order valence-electron chi connectivity index (χ3n) is 7.14. The summed E-state index contributed by atoms with van der Waals surface area (Å²) in [5, 5.41) is 0. The molecule has 0 nitrogen and oxygen atoms in total. The average molecular weight is 529 g/mol. The molecule has 0 saturated carbocycles. The number of aryl methyl sites for hydroxylation is 2. The van der Waals surface area contributed by atoms with Crippen LogP contribution in [0.1, 0.15) is 103 Å². The molecule has 3 aromatic rings. The van der Waals surface area contributed by atoms with Crippen LogP contribution in [0, 0.1) is 23.7 Å². The SMILES string of the molecule is CC(C)CCCC(C)CCc1ccc(-c2ccc(-c3ccc(CCC(C)CCCC(C)C)s3)s2)s1. The summed E-state index contributed by atoms with van der Waals surface area (Å²) in [4.78, 5) is 8.83. The minimum absolute atomic E-state index is 0.837. The highest BCUT2D eigenvalue weighted by molar-refractivity contribution is 7.26. The molecule has 3 heterocycles. The molecule has 0 N–H and O–H groups in total. The maximum Gasteiger partial charge on any atom is 0.0449 e. The van der Waals surface area contributed by atoms with E-state index in [1.165, 1.54) is 83.7 Å². The van der Waals surface area contributed by atoms with E-state index in [1.807, 2.05) is 34.0 Å². The van der Waals surface area contributed by atoms with Crippen molar-refractivity contribution in [3.8, 4) is 19.5 Å². The zero-order valence-electron chi connectivity index (χ0n) is 23.1. The van der Waals surface area contributed by atoms with Crippen LogP contribution in [0.15, 0.2) is 36.4 Å². The van der Waals surface area contributed by atoms with Gasteiger partial charge in [0.1, 0.15) is 0 Å². The number of hydrogen-bond donors (Lipinski definition) is 0. The quantitative estimate of drug-likeness (QED) is 0.173. The van der Waals surface area contributed by atoms with Crippen LogP contribution in [0.25, 0.3) is 19.5 Å². The van der Waals surface area contributed by atoms with Crippen molar-refractivity contribution in [1.29, 1.82) is 0 Å². The van der Waals surface area contributed by atoms with Gasteiger partial charge in [0.15, 0.2) is 0 Å². The van der Waals surface area contributed by atoms with Gasteiger partial charge < -0.3 is 0 Å². The first kappa shape index (κ1) is 28.7. The number of rotatable bonds is 16. The van der Waals surface area contributed by atoms with Crippen LogP contribution in [-0.2, 0) is 12.8 Å². The molecule has 0 spiro atoms. The fourth-order valence-corrected chi connectivity index (χ4v) is 7.94. The van der Waals surface area contributed by atoms with Crippen molar-refractivity contribution in [2.24, 2.45) is 23.7 Å². The summed E-state index contributed by atoms with van der Waals surface area (Å²) < 4.78 is 0. The van der Waals surface area contributed by atoms with Gasteiger partial charge in [0.2, 0.25) is 0 Å². The van der Waals surface area contributed by atoms with Crippen molar-refractivity contribution in [3.05, 3.63) is 46.2 Å². The van der Waals surface area contributed by atoms with Crippen molar-refractivity contribution in [3.63, 3.8) is 0 Å². The van der Waals surface area contributed by atoms with Crippen molar-refractivity contribution in [2.45, 2.75) is 106 Å². The van der Waals surface area contributed by atoms with Crippen LogP contribution in [0.5, 0.6) is 0 Å². The van der Waals surface area contributed by atoms with Crippen LogP contribution >= 0.6 is 34.0 Å². The molecule has 0 aliphatic heterocycles. The van der Waals surface area contributed by atoms with Crippen molar-refractivity contribution in [2.75, 3.05) is 0 Å². The zero-order valence-corrected chi connectivity index (χ0v) is 25.5. The Labute approximate surface area is 228 Å². The van der Waals surface area contributed by atoms with Gasteiger partial charge in [-0.05, 0) is 85.8 Å². The lowest BCUT2D eigenvalue weighted by atomic mass is 9.96. The molecule has 0 amide bonds. The fraction of sp³-hybridized carbons (Fsp3) is 0.625. The average Bonchev–Trinajstić information content (AvgIpc) is 3.56. The standard InChI is InChI=1S/C32H48S3/c1-23(2)9-7-11-25(5)13-15-27-17-19-29(33-27)31-21-22-32(35-31)30-20-18-28(34-30)16-14-26(6)12-8-10-24(3)4/h17-26H,7-16H2,1-6H3. The first-order valence-electron chi connectivity index (χ1n) is 14.1. The van der Waals surface area contributed by atoms with Crippen LogP contribution in [0.2, 0.25) is 0 Å². The van der Waals surface area contributed by atoms with Gasteiger partial charge in [-0.25, -0.2) is 0 Å². The van der Waals surface area contributed by atoms with Gasteiger partial charge >= 0.3 is 0 Å². The van der Waals surface area contributed by atoms with E-state index in [9.17, 15) is 0 Å². The topological polar surface area (TPSA) is 0 Å². The Morgan fingerprint density at radius 3 is 1.23 bits per heavy atom. The highest BCUT2D eigenvalue weighted by atomic mass is 32.1. The summed E-state index contributed by atoms with van der Waals surface area (Å²) in [7, 11) is 0. The van der Waals surface area contributed by atoms with Crippen molar-refractivity contribution in [1.82, 2.24) is 0 Å². The Balaban J connectivity index is 1.47. The molecule has 3 rings (SSSR count). The molecule has 0 radical (unpaired) electrons. The van der Waals surface area contributed by atoms with E-state index in [1.54, 1.807) is 9.75 Å². The molecule has 3 heteroatoms. The fourth-order valence-electron chi connectivity index (χ4n) is 4.71. The first-order valence-corrected chi connectivity index (χ1v) is 16.5. The maximum atomic E-state index is 2.43. The third-order valence-corrected chi connectivity index (χ3v) is 10.9. The lowest BCUT2D eigenvalue weighted by molar-refractivity contribution is 0.437. The minimum Gasteiger partial charge on any atom is -0.139 e. The van der Waals surface area contributed by atoms with E-state index in [0.717, 1.165) is 23.7 Å². The summed E-state index contributed by atoms with van der Waals surface area (Å²) in [6.07, 6.45) is 13.4. The number of hydrogen-bond acceptors (Lipinski definition) is 3. The zero-order chi connectivity index (χ0) is 25.2. The van der Waals surface area contributed by atoms with Crippen molar-refractivity contribution < 1.29 is 0 Å². The highest BCUT2D eigenvalue weighted by Crippen LogP contribution is 2.40. The highest BCUT2D eigenvalue weighted by Gasteiger charge is 2.12. The van der Waals surface area contributed by atoms with E-state index in [-0.39, 0.29) is 0 Å². The molecule has 3 aromatic heterocycles. The minimum atomic E-state index is 0.837. The monoisotopic (exact) mass is 528 g/mol. The predicted molar refractivity (Wildman–Crippen MR) is 163 cm³/mol. The molecule has 0 bridgehead atoms. The smallest absolute Gasteiger partial charge is 0.0449 e. The molecule has 0 saturated heterocycles. The molecule has 0 aromatic carbocycles. The number of thiophene rings is 3. The normalized spacial score (nSPS) is 13.7. The van der Waals surface area contributed by atoms with Crippen molar-refractivity contribution >= 4 is 34.0 Å². The van der Waals surface area contributed by atoms with E-state index in [4.69, 9.17) is 0 Å². The second-order valence-electron chi connectivity index (χ2n) is 11.6. The van der Waals surface area contributed by atoms with Crippen LogP contribution in [-0.4, -0.2) is 0 Å². The molecular weight excluding hydrogens is 481 g/mol. The molecular formula is C32H48S3. The summed E-state index contributed by atoms with van der Waals surface area (Å²) in [5.74, 6) is 3.35. The van der Waals surface area contributed by atoms with Gasteiger partial charge in [-0.3, -0.25) is 0 Å². The Bertz CT molecular complexity index is 894. The molecule has 0 fully saturated rings. The Morgan fingerprint density at radius 1 is 0.457 bits per heavy atom. The molecule has 2 unspecified atom stereocenters. The second-order valence-corrected chi connectivity index (χ2v) is 15.1. The maximum absolute atomic E-state index is 2.43. The lowest BCUT2D eigenvalue weighted by Gasteiger charge is -2.11. The van der Waals surface area contributed by atoms with Gasteiger partial charge in [0.25, 0.3) is 0 Å². The molecule has 194 valence electrons. The summed E-state index contributed by atoms with van der Waals surface area (Å²) in [6, 6.07) is 14.1. The van der Waals surface area contributed by atoms with E-state index < -0.39 is 0 Å². The van der Waals surface area contributed by atoms with Gasteiger partial charge in [0, 0.05) is 29.3 Å². The van der Waals surface area contributed by atoms with Gasteiger partial charge in [-0.1, -0.05) is 80.1 Å². The third kappa shape index (κ3) is 10.2. The van der Waals surface area contributed by atoms with Crippen LogP contribution in [0.3, 0.4) is 0 Å². The molecule has 35 heavy (non-hydrogen) atoms. The van der Waals surface area contributed by atoms with Gasteiger partial charge in [0.05, 0.1) is 0 Å². The molecule has 0 aliphatic carbocycles. The lowest BCUT2D eigenvalue weighted by Crippen LogP contribution is -1.98. The first-order chi connectivity index (χ1) is 16.8. The Morgan fingerprint density at radius 2 is 0.829 bits per heavy atom. The summed E-state index contributed by atoms with van der Waals surface area (Å²) in [6.45, 7) is 14.2. The van der Waals surface area contributed by atoms with E-state index in [2.05, 4.69) is 77.9 Å². The second kappa shape index (κ2) is 14.7. The van der Waals surface area contributed by atoms with Gasteiger partial charge in [-0.15, -0.1) is 34.0 Å². The molecule has 0 aliphatic rings. The molecule has 2 atom stereocenters. The van der Waals surface area contributed by atoms with Gasteiger partial charge in [-0.2, -0.15) is 0 Å².